The minimum Gasteiger partial charge on any atom is -0.340 e. The minimum atomic E-state index is -0.458. The van der Waals surface area contributed by atoms with Crippen LogP contribution in [0.1, 0.15) is 87.0 Å². The number of nitrogens with one attached hydrogen (secondary N) is 1. The quantitative estimate of drug-likeness (QED) is 0.513. The molecule has 1 saturated carbocycles. The molecule has 5 rings (SSSR count). The van der Waals surface area contributed by atoms with Crippen LogP contribution < -0.4 is 5.32 Å². The molecule has 0 saturated heterocycles. The molecule has 3 amide bonds. The molecular formula is C26H26N4O4. The zero-order chi connectivity index (χ0) is 23.8. The highest BCUT2D eigenvalue weighted by Crippen LogP contribution is 2.38. The molecule has 8 nitrogen and oxygen atoms in total. The Morgan fingerprint density at radius 2 is 1.82 bits per heavy atom. The van der Waals surface area contributed by atoms with Crippen LogP contribution in [0, 0.1) is 5.92 Å². The number of amides is 3. The number of carbonyl (C=O) groups is 3. The predicted octanol–water partition coefficient (Wildman–Crippen LogP) is 3.91. The molecule has 1 aromatic heterocycles. The highest BCUT2D eigenvalue weighted by atomic mass is 16.5. The molecule has 1 aliphatic heterocycles. The van der Waals surface area contributed by atoms with Gasteiger partial charge in [0.05, 0.1) is 11.1 Å². The van der Waals surface area contributed by atoms with Crippen LogP contribution in [0.15, 0.2) is 53.1 Å². The highest BCUT2D eigenvalue weighted by Gasteiger charge is 2.36. The molecule has 1 N–H and O–H groups in total. The first-order chi connectivity index (χ1) is 16.4. The summed E-state index contributed by atoms with van der Waals surface area (Å²) in [6, 6.07) is 13.9. The van der Waals surface area contributed by atoms with Crippen LogP contribution in [0.3, 0.4) is 0 Å². The van der Waals surface area contributed by atoms with Gasteiger partial charge in [0.1, 0.15) is 6.04 Å². The molecule has 0 radical (unpaired) electrons. The Morgan fingerprint density at radius 1 is 1.09 bits per heavy atom. The SMILES string of the molecule is CC(C)C(NC(=O)c1ccc2c(c1)C(=O)N(CCc1ccccc1)C2=O)c1nc(C2CC2)no1. The van der Waals surface area contributed by atoms with Crippen molar-refractivity contribution in [1.82, 2.24) is 20.4 Å². The summed E-state index contributed by atoms with van der Waals surface area (Å²) in [5, 5.41) is 7.00. The molecule has 8 heteroatoms. The summed E-state index contributed by atoms with van der Waals surface area (Å²) in [5.74, 6) is 0.361. The van der Waals surface area contributed by atoms with Gasteiger partial charge < -0.3 is 9.84 Å². The summed E-state index contributed by atoms with van der Waals surface area (Å²) >= 11 is 0. The van der Waals surface area contributed by atoms with E-state index in [9.17, 15) is 14.4 Å². The van der Waals surface area contributed by atoms with Crippen LogP contribution in [0.2, 0.25) is 0 Å². The number of benzene rings is 2. The molecule has 2 aromatic carbocycles. The maximum Gasteiger partial charge on any atom is 0.261 e. The van der Waals surface area contributed by atoms with Crippen molar-refractivity contribution in [3.05, 3.63) is 82.5 Å². The van der Waals surface area contributed by atoms with Crippen molar-refractivity contribution in [2.24, 2.45) is 5.92 Å². The van der Waals surface area contributed by atoms with Gasteiger partial charge in [-0.2, -0.15) is 4.98 Å². The molecule has 2 heterocycles. The average molecular weight is 459 g/mol. The first kappa shape index (κ1) is 22.0. The zero-order valence-corrected chi connectivity index (χ0v) is 19.2. The Bertz CT molecular complexity index is 1250. The van der Waals surface area contributed by atoms with Gasteiger partial charge in [-0.15, -0.1) is 0 Å². The van der Waals surface area contributed by atoms with E-state index in [4.69, 9.17) is 4.52 Å². The lowest BCUT2D eigenvalue weighted by Crippen LogP contribution is -2.32. The summed E-state index contributed by atoms with van der Waals surface area (Å²) in [4.78, 5) is 44.5. The Hall–Kier alpha value is -3.81. The predicted molar refractivity (Wildman–Crippen MR) is 123 cm³/mol. The molecule has 34 heavy (non-hydrogen) atoms. The number of rotatable bonds is 8. The van der Waals surface area contributed by atoms with Gasteiger partial charge in [0.15, 0.2) is 5.82 Å². The van der Waals surface area contributed by atoms with E-state index in [1.165, 1.54) is 11.0 Å². The van der Waals surface area contributed by atoms with Crippen LogP contribution in [-0.2, 0) is 6.42 Å². The molecule has 1 atom stereocenters. The lowest BCUT2D eigenvalue weighted by molar-refractivity contribution is 0.0656. The van der Waals surface area contributed by atoms with Crippen molar-refractivity contribution in [1.29, 1.82) is 0 Å². The van der Waals surface area contributed by atoms with Gasteiger partial charge in [-0.25, -0.2) is 0 Å². The van der Waals surface area contributed by atoms with Crippen LogP contribution in [0.4, 0.5) is 0 Å². The molecule has 1 fully saturated rings. The summed E-state index contributed by atoms with van der Waals surface area (Å²) in [6.07, 6.45) is 2.69. The van der Waals surface area contributed by atoms with E-state index in [0.717, 1.165) is 18.4 Å². The molecule has 0 spiro atoms. The summed E-state index contributed by atoms with van der Waals surface area (Å²) in [7, 11) is 0. The molecule has 1 aliphatic carbocycles. The van der Waals surface area contributed by atoms with Crippen LogP contribution >= 0.6 is 0 Å². The van der Waals surface area contributed by atoms with E-state index in [0.29, 0.717) is 35.2 Å². The average Bonchev–Trinajstić information content (AvgIpc) is 3.53. The van der Waals surface area contributed by atoms with E-state index < -0.39 is 6.04 Å². The van der Waals surface area contributed by atoms with Gasteiger partial charge in [-0.3, -0.25) is 19.3 Å². The first-order valence-electron chi connectivity index (χ1n) is 11.6. The Morgan fingerprint density at radius 3 is 2.53 bits per heavy atom. The van der Waals surface area contributed by atoms with Crippen LogP contribution in [0.5, 0.6) is 0 Å². The van der Waals surface area contributed by atoms with E-state index in [2.05, 4.69) is 15.5 Å². The number of fused-ring (bicyclic) bond motifs is 1. The summed E-state index contributed by atoms with van der Waals surface area (Å²) in [5.41, 5.74) is 1.92. The molecule has 3 aromatic rings. The Labute approximate surface area is 197 Å². The molecule has 0 bridgehead atoms. The summed E-state index contributed by atoms with van der Waals surface area (Å²) < 4.78 is 5.43. The lowest BCUT2D eigenvalue weighted by atomic mass is 10.0. The molecule has 174 valence electrons. The van der Waals surface area contributed by atoms with Crippen molar-refractivity contribution in [2.75, 3.05) is 6.54 Å². The number of hydrogen-bond donors (Lipinski definition) is 1. The Balaban J connectivity index is 1.31. The number of imide groups is 1. The fourth-order valence-corrected chi connectivity index (χ4v) is 4.14. The number of nitrogens with zero attached hydrogens (tertiary/aromatic N) is 3. The van der Waals surface area contributed by atoms with Crippen molar-refractivity contribution in [3.8, 4) is 0 Å². The smallest absolute Gasteiger partial charge is 0.261 e. The van der Waals surface area contributed by atoms with Crippen LogP contribution in [-0.4, -0.2) is 39.3 Å². The van der Waals surface area contributed by atoms with Crippen molar-refractivity contribution < 1.29 is 18.9 Å². The fourth-order valence-electron chi connectivity index (χ4n) is 4.14. The number of hydrogen-bond acceptors (Lipinski definition) is 6. The number of carbonyl (C=O) groups excluding carboxylic acids is 3. The van der Waals surface area contributed by atoms with E-state index in [1.807, 2.05) is 44.2 Å². The lowest BCUT2D eigenvalue weighted by Gasteiger charge is -2.18. The van der Waals surface area contributed by atoms with Gasteiger partial charge in [-0.1, -0.05) is 49.3 Å². The van der Waals surface area contributed by atoms with Crippen molar-refractivity contribution >= 4 is 17.7 Å². The molecule has 2 aliphatic rings. The second kappa shape index (κ2) is 8.85. The third-order valence-electron chi connectivity index (χ3n) is 6.32. The first-order valence-corrected chi connectivity index (χ1v) is 11.6. The van der Waals surface area contributed by atoms with Gasteiger partial charge >= 0.3 is 0 Å². The topological polar surface area (TPSA) is 105 Å². The number of aromatic nitrogens is 2. The monoisotopic (exact) mass is 458 g/mol. The molecular weight excluding hydrogens is 432 g/mol. The zero-order valence-electron chi connectivity index (χ0n) is 19.2. The molecule has 1 unspecified atom stereocenters. The van der Waals surface area contributed by atoms with Crippen molar-refractivity contribution in [3.63, 3.8) is 0 Å². The maximum absolute atomic E-state index is 13.1. The van der Waals surface area contributed by atoms with Gasteiger partial charge in [0.2, 0.25) is 5.89 Å². The third-order valence-corrected chi connectivity index (χ3v) is 6.32. The highest BCUT2D eigenvalue weighted by molar-refractivity contribution is 6.22. The second-order valence-electron chi connectivity index (χ2n) is 9.22. The van der Waals surface area contributed by atoms with Gasteiger partial charge in [0.25, 0.3) is 17.7 Å². The summed E-state index contributed by atoms with van der Waals surface area (Å²) in [6.45, 7) is 4.21. The maximum atomic E-state index is 13.1. The van der Waals surface area contributed by atoms with Crippen molar-refractivity contribution in [2.45, 2.75) is 45.1 Å². The van der Waals surface area contributed by atoms with E-state index in [-0.39, 0.29) is 35.7 Å². The largest absolute Gasteiger partial charge is 0.340 e. The standard InChI is InChI=1S/C26H26N4O4/c1-15(2)21(24-28-22(29-34-24)17-8-9-17)27-23(31)18-10-11-19-20(14-18)26(33)30(25(19)32)13-12-16-6-4-3-5-7-16/h3-7,10-11,14-15,17,21H,8-9,12-13H2,1-2H3,(H,27,31). The van der Waals surface area contributed by atoms with E-state index >= 15 is 0 Å². The second-order valence-corrected chi connectivity index (χ2v) is 9.22. The van der Waals surface area contributed by atoms with Gasteiger partial charge in [-0.05, 0) is 48.9 Å². The third kappa shape index (κ3) is 4.23. The van der Waals surface area contributed by atoms with E-state index in [1.54, 1.807) is 12.1 Å². The minimum absolute atomic E-state index is 0.0163. The Kier molecular flexibility index (Phi) is 5.73. The van der Waals surface area contributed by atoms with Gasteiger partial charge in [0, 0.05) is 18.0 Å². The van der Waals surface area contributed by atoms with Crippen LogP contribution in [0.25, 0.3) is 0 Å². The fraction of sp³-hybridized carbons (Fsp3) is 0.346. The normalized spacial score (nSPS) is 16.1.